The summed E-state index contributed by atoms with van der Waals surface area (Å²) in [4.78, 5) is 0. The molecule has 0 nitrogen and oxygen atoms in total. The summed E-state index contributed by atoms with van der Waals surface area (Å²) < 4.78 is 13.9. The van der Waals surface area contributed by atoms with Crippen LogP contribution in [0.2, 0.25) is 0 Å². The zero-order chi connectivity index (χ0) is 9.54. The Balaban J connectivity index is 2.36. The minimum atomic E-state index is -0.942. The molecule has 1 aliphatic rings. The Morgan fingerprint density at radius 1 is 0.714 bits per heavy atom. The molecule has 0 aromatic heterocycles. The predicted octanol–water partition coefficient (Wildman–Crippen LogP) is 3.73. The number of halogens is 1. The predicted molar refractivity (Wildman–Crippen MR) is 54.8 cm³/mol. The Kier molecular flexibility index (Phi) is 1.48. The molecule has 0 aliphatic heterocycles. The summed E-state index contributed by atoms with van der Waals surface area (Å²) in [5.74, 6) is 0. The normalized spacial score (nSPS) is 13.8. The smallest absolute Gasteiger partial charge is 0.151 e. The summed E-state index contributed by atoms with van der Waals surface area (Å²) >= 11 is 0. The third kappa shape index (κ3) is 0.869. The van der Waals surface area contributed by atoms with Gasteiger partial charge in [0.1, 0.15) is 0 Å². The maximum Gasteiger partial charge on any atom is 0.151 e. The zero-order valence-corrected chi connectivity index (χ0v) is 7.57. The Labute approximate surface area is 82.0 Å². The maximum atomic E-state index is 13.9. The van der Waals surface area contributed by atoms with Crippen molar-refractivity contribution in [3.63, 3.8) is 0 Å². The number of alkyl halides is 1. The topological polar surface area (TPSA) is 0 Å². The summed E-state index contributed by atoms with van der Waals surface area (Å²) in [5.41, 5.74) is 3.67. The quantitative estimate of drug-likeness (QED) is 0.585. The van der Waals surface area contributed by atoms with Gasteiger partial charge in [0.05, 0.1) is 0 Å². The van der Waals surface area contributed by atoms with Crippen molar-refractivity contribution in [1.82, 2.24) is 0 Å². The van der Waals surface area contributed by atoms with E-state index < -0.39 is 6.17 Å². The summed E-state index contributed by atoms with van der Waals surface area (Å²) in [6.07, 6.45) is -0.942. The largest absolute Gasteiger partial charge is 0.237 e. The first-order valence-electron chi connectivity index (χ1n) is 4.70. The van der Waals surface area contributed by atoms with E-state index in [9.17, 15) is 4.39 Å². The third-order valence-electron chi connectivity index (χ3n) is 2.76. The van der Waals surface area contributed by atoms with E-state index in [4.69, 9.17) is 0 Å². The summed E-state index contributed by atoms with van der Waals surface area (Å²) in [7, 11) is 0. The Hall–Kier alpha value is -1.63. The fraction of sp³-hybridized carbons (Fsp3) is 0.0769. The maximum absolute atomic E-state index is 13.9. The molecule has 0 amide bonds. The minimum absolute atomic E-state index is 0.800. The van der Waals surface area contributed by atoms with Crippen molar-refractivity contribution in [2.24, 2.45) is 0 Å². The fourth-order valence-electron chi connectivity index (χ4n) is 2.09. The molecule has 0 spiro atoms. The monoisotopic (exact) mass is 184 g/mol. The number of fused-ring (bicyclic) bond motifs is 3. The van der Waals surface area contributed by atoms with Crippen molar-refractivity contribution in [1.29, 1.82) is 0 Å². The molecule has 3 rings (SSSR count). The molecule has 0 bridgehead atoms. The van der Waals surface area contributed by atoms with Crippen molar-refractivity contribution in [2.45, 2.75) is 6.17 Å². The van der Waals surface area contributed by atoms with E-state index in [1.165, 1.54) is 0 Å². The molecule has 0 unspecified atom stereocenters. The van der Waals surface area contributed by atoms with Gasteiger partial charge in [-0.3, -0.25) is 0 Å². The highest BCUT2D eigenvalue weighted by Crippen LogP contribution is 2.44. The highest BCUT2D eigenvalue weighted by Gasteiger charge is 2.26. The minimum Gasteiger partial charge on any atom is -0.237 e. The van der Waals surface area contributed by atoms with E-state index in [1.807, 2.05) is 48.5 Å². The van der Waals surface area contributed by atoms with Crippen molar-refractivity contribution in [2.75, 3.05) is 0 Å². The number of hydrogen-bond donors (Lipinski definition) is 0. The second-order valence-corrected chi connectivity index (χ2v) is 3.54. The molecular weight excluding hydrogens is 175 g/mol. The van der Waals surface area contributed by atoms with Crippen LogP contribution < -0.4 is 0 Å². The molecule has 14 heavy (non-hydrogen) atoms. The van der Waals surface area contributed by atoms with E-state index in [-0.39, 0.29) is 0 Å². The van der Waals surface area contributed by atoms with E-state index in [1.54, 1.807) is 0 Å². The average Bonchev–Trinajstić information content (AvgIpc) is 2.55. The van der Waals surface area contributed by atoms with Gasteiger partial charge < -0.3 is 0 Å². The molecule has 0 atom stereocenters. The zero-order valence-electron chi connectivity index (χ0n) is 7.57. The highest BCUT2D eigenvalue weighted by molar-refractivity contribution is 5.77. The van der Waals surface area contributed by atoms with Crippen molar-refractivity contribution in [3.8, 4) is 11.1 Å². The van der Waals surface area contributed by atoms with E-state index in [2.05, 4.69) is 0 Å². The molecule has 2 aromatic carbocycles. The van der Waals surface area contributed by atoms with Gasteiger partial charge in [0.2, 0.25) is 0 Å². The van der Waals surface area contributed by atoms with Gasteiger partial charge >= 0.3 is 0 Å². The molecule has 0 N–H and O–H groups in total. The average molecular weight is 184 g/mol. The van der Waals surface area contributed by atoms with Gasteiger partial charge in [-0.25, -0.2) is 4.39 Å². The summed E-state index contributed by atoms with van der Waals surface area (Å²) in [6, 6.07) is 15.4. The van der Waals surface area contributed by atoms with Crippen LogP contribution in [0.3, 0.4) is 0 Å². The Morgan fingerprint density at radius 3 is 1.64 bits per heavy atom. The highest BCUT2D eigenvalue weighted by atomic mass is 19.1. The molecule has 2 aromatic rings. The van der Waals surface area contributed by atoms with Crippen LogP contribution in [0, 0.1) is 0 Å². The molecule has 0 saturated heterocycles. The van der Waals surface area contributed by atoms with Crippen LogP contribution in [0.5, 0.6) is 0 Å². The van der Waals surface area contributed by atoms with Crippen LogP contribution in [-0.4, -0.2) is 0 Å². The van der Waals surface area contributed by atoms with Crippen LogP contribution in [-0.2, 0) is 0 Å². The molecule has 0 saturated carbocycles. The van der Waals surface area contributed by atoms with Gasteiger partial charge in [-0.15, -0.1) is 0 Å². The number of benzene rings is 2. The van der Waals surface area contributed by atoms with Gasteiger partial charge in [-0.05, 0) is 22.3 Å². The van der Waals surface area contributed by atoms with Gasteiger partial charge in [0, 0.05) is 0 Å². The van der Waals surface area contributed by atoms with Crippen LogP contribution in [0.15, 0.2) is 48.5 Å². The lowest BCUT2D eigenvalue weighted by atomic mass is 10.1. The van der Waals surface area contributed by atoms with Crippen molar-refractivity contribution >= 4 is 0 Å². The standard InChI is InChI=1S/C13H9F/c14-13-11-7-3-1-5-9(11)10-6-2-4-8-12(10)13/h1-8,13H. The number of hydrogen-bond acceptors (Lipinski definition) is 0. The lowest BCUT2D eigenvalue weighted by Gasteiger charge is -2.00. The van der Waals surface area contributed by atoms with Gasteiger partial charge in [0.15, 0.2) is 6.17 Å². The van der Waals surface area contributed by atoms with E-state index >= 15 is 0 Å². The molecule has 1 aliphatic carbocycles. The van der Waals surface area contributed by atoms with Gasteiger partial charge in [-0.1, -0.05) is 48.5 Å². The van der Waals surface area contributed by atoms with Gasteiger partial charge in [0.25, 0.3) is 0 Å². The van der Waals surface area contributed by atoms with Crippen molar-refractivity contribution < 1.29 is 4.39 Å². The van der Waals surface area contributed by atoms with Crippen LogP contribution >= 0.6 is 0 Å². The van der Waals surface area contributed by atoms with Crippen LogP contribution in [0.1, 0.15) is 17.3 Å². The fourth-order valence-corrected chi connectivity index (χ4v) is 2.09. The van der Waals surface area contributed by atoms with E-state index in [0.717, 1.165) is 22.3 Å². The molecule has 1 heteroatoms. The Bertz CT molecular complexity index is 443. The summed E-state index contributed by atoms with van der Waals surface area (Å²) in [5, 5.41) is 0. The SMILES string of the molecule is FC1c2ccccc2-c2ccccc21. The lowest BCUT2D eigenvalue weighted by molar-refractivity contribution is 0.410. The van der Waals surface area contributed by atoms with Gasteiger partial charge in [-0.2, -0.15) is 0 Å². The summed E-state index contributed by atoms with van der Waals surface area (Å²) in [6.45, 7) is 0. The molecule has 0 heterocycles. The number of rotatable bonds is 0. The molecular formula is C13H9F. The second-order valence-electron chi connectivity index (χ2n) is 3.54. The first-order valence-corrected chi connectivity index (χ1v) is 4.70. The molecule has 0 radical (unpaired) electrons. The van der Waals surface area contributed by atoms with Crippen LogP contribution in [0.25, 0.3) is 11.1 Å². The first kappa shape index (κ1) is 7.74. The first-order chi connectivity index (χ1) is 6.88. The molecule has 68 valence electrons. The van der Waals surface area contributed by atoms with Crippen molar-refractivity contribution in [3.05, 3.63) is 59.7 Å². The van der Waals surface area contributed by atoms with E-state index in [0.29, 0.717) is 0 Å². The van der Waals surface area contributed by atoms with Crippen LogP contribution in [0.4, 0.5) is 4.39 Å². The lowest BCUT2D eigenvalue weighted by Crippen LogP contribution is -1.85. The third-order valence-corrected chi connectivity index (χ3v) is 2.76. The second kappa shape index (κ2) is 2.68. The molecule has 0 fully saturated rings. The Morgan fingerprint density at radius 2 is 1.14 bits per heavy atom.